The Balaban J connectivity index is 1.74. The molecular weight excluding hydrogens is 274 g/mol. The van der Waals surface area contributed by atoms with Crippen LogP contribution in [0.2, 0.25) is 0 Å². The topological polar surface area (TPSA) is 41.8 Å². The predicted octanol–water partition coefficient (Wildman–Crippen LogP) is 4.37. The van der Waals surface area contributed by atoms with E-state index in [2.05, 4.69) is 4.99 Å². The number of aliphatic imine (C=N–C) groups is 1. The summed E-state index contributed by atoms with van der Waals surface area (Å²) in [6.07, 6.45) is 5.93. The summed E-state index contributed by atoms with van der Waals surface area (Å²) in [5.74, 6) is 0.888. The smallest absolute Gasteiger partial charge is 0.119 e. The Bertz CT molecular complexity index is 549. The molecule has 0 bridgehead atoms. The first-order chi connectivity index (χ1) is 10.9. The van der Waals surface area contributed by atoms with Gasteiger partial charge in [0.15, 0.2) is 0 Å². The molecule has 116 valence electrons. The number of aliphatic hydroxyl groups excluding tert-OH is 1. The van der Waals surface area contributed by atoms with E-state index in [-0.39, 0.29) is 6.61 Å². The van der Waals surface area contributed by atoms with Gasteiger partial charge in [-0.1, -0.05) is 24.6 Å². The molecule has 2 rings (SSSR count). The Hall–Kier alpha value is -2.13. The van der Waals surface area contributed by atoms with Gasteiger partial charge in [0.1, 0.15) is 5.75 Å². The van der Waals surface area contributed by atoms with Crippen LogP contribution in [0.3, 0.4) is 0 Å². The van der Waals surface area contributed by atoms with Crippen LogP contribution < -0.4 is 4.74 Å². The minimum Gasteiger partial charge on any atom is -0.494 e. The normalized spacial score (nSPS) is 11.0. The van der Waals surface area contributed by atoms with Crippen LogP contribution in [0.1, 0.15) is 31.2 Å². The van der Waals surface area contributed by atoms with Gasteiger partial charge in [-0.2, -0.15) is 0 Å². The highest BCUT2D eigenvalue weighted by Gasteiger charge is 1.95. The third kappa shape index (κ3) is 6.10. The number of aliphatic hydroxyl groups is 1. The van der Waals surface area contributed by atoms with Gasteiger partial charge in [0.05, 0.1) is 12.3 Å². The van der Waals surface area contributed by atoms with Crippen molar-refractivity contribution in [1.82, 2.24) is 0 Å². The Morgan fingerprint density at radius 2 is 1.59 bits per heavy atom. The summed E-state index contributed by atoms with van der Waals surface area (Å²) in [6.45, 7) is 1.01. The minimum absolute atomic E-state index is 0.285. The Morgan fingerprint density at radius 1 is 0.864 bits per heavy atom. The Labute approximate surface area is 132 Å². The molecule has 1 N–H and O–H groups in total. The molecule has 0 unspecified atom stereocenters. The van der Waals surface area contributed by atoms with Crippen LogP contribution in [0, 0.1) is 0 Å². The van der Waals surface area contributed by atoms with Crippen molar-refractivity contribution >= 4 is 11.9 Å². The van der Waals surface area contributed by atoms with Gasteiger partial charge in [-0.25, -0.2) is 0 Å². The average molecular weight is 297 g/mol. The van der Waals surface area contributed by atoms with Crippen LogP contribution in [0.25, 0.3) is 0 Å². The average Bonchev–Trinajstić information content (AvgIpc) is 2.58. The van der Waals surface area contributed by atoms with Gasteiger partial charge in [0.2, 0.25) is 0 Å². The molecular formula is C19H23NO2. The molecule has 0 aliphatic rings. The third-order valence-corrected chi connectivity index (χ3v) is 3.32. The van der Waals surface area contributed by atoms with E-state index in [1.807, 2.05) is 60.8 Å². The second-order valence-corrected chi connectivity index (χ2v) is 5.15. The lowest BCUT2D eigenvalue weighted by atomic mass is 10.2. The second kappa shape index (κ2) is 9.74. The van der Waals surface area contributed by atoms with Crippen molar-refractivity contribution in [1.29, 1.82) is 0 Å². The Morgan fingerprint density at radius 3 is 2.32 bits per heavy atom. The molecule has 2 aromatic carbocycles. The highest BCUT2D eigenvalue weighted by atomic mass is 16.5. The maximum atomic E-state index is 8.70. The van der Waals surface area contributed by atoms with Gasteiger partial charge >= 0.3 is 0 Å². The van der Waals surface area contributed by atoms with Crippen molar-refractivity contribution in [2.75, 3.05) is 13.2 Å². The van der Waals surface area contributed by atoms with Crippen molar-refractivity contribution in [2.24, 2.45) is 4.99 Å². The molecule has 0 radical (unpaired) electrons. The maximum Gasteiger partial charge on any atom is 0.119 e. The van der Waals surface area contributed by atoms with E-state index < -0.39 is 0 Å². The molecule has 0 aliphatic carbocycles. The standard InChI is InChI=1S/C19H23NO2/c21-14-6-1-2-7-15-22-19-12-10-17(11-13-19)16-20-18-8-4-3-5-9-18/h3-5,8-13,16,21H,1-2,6-7,14-15H2. The quantitative estimate of drug-likeness (QED) is 0.551. The predicted molar refractivity (Wildman–Crippen MR) is 91.2 cm³/mol. The van der Waals surface area contributed by atoms with Crippen LogP contribution in [0.4, 0.5) is 5.69 Å². The van der Waals surface area contributed by atoms with Crippen LogP contribution in [-0.2, 0) is 0 Å². The van der Waals surface area contributed by atoms with Crippen molar-refractivity contribution in [2.45, 2.75) is 25.7 Å². The Kier molecular flexibility index (Phi) is 7.19. The summed E-state index contributed by atoms with van der Waals surface area (Å²) >= 11 is 0. The summed E-state index contributed by atoms with van der Waals surface area (Å²) in [6, 6.07) is 17.8. The lowest BCUT2D eigenvalue weighted by Gasteiger charge is -2.06. The first kappa shape index (κ1) is 16.2. The fourth-order valence-electron chi connectivity index (χ4n) is 2.07. The summed E-state index contributed by atoms with van der Waals surface area (Å²) in [7, 11) is 0. The van der Waals surface area contributed by atoms with Crippen LogP contribution >= 0.6 is 0 Å². The van der Waals surface area contributed by atoms with Gasteiger partial charge in [-0.15, -0.1) is 0 Å². The zero-order valence-corrected chi connectivity index (χ0v) is 12.8. The maximum absolute atomic E-state index is 8.70. The van der Waals surface area contributed by atoms with Gasteiger partial charge in [-0.3, -0.25) is 4.99 Å². The molecule has 0 aliphatic heterocycles. The number of rotatable bonds is 9. The van der Waals surface area contributed by atoms with Crippen molar-refractivity contribution < 1.29 is 9.84 Å². The monoisotopic (exact) mass is 297 g/mol. The number of nitrogens with zero attached hydrogens (tertiary/aromatic N) is 1. The highest BCUT2D eigenvalue weighted by Crippen LogP contribution is 2.14. The SMILES string of the molecule is OCCCCCCOc1ccc(C=Nc2ccccc2)cc1. The van der Waals surface area contributed by atoms with E-state index in [0.29, 0.717) is 0 Å². The molecule has 0 aromatic heterocycles. The van der Waals surface area contributed by atoms with E-state index in [1.165, 1.54) is 0 Å². The molecule has 3 nitrogen and oxygen atoms in total. The van der Waals surface area contributed by atoms with Crippen LogP contribution in [0.5, 0.6) is 5.75 Å². The number of para-hydroxylation sites is 1. The van der Waals surface area contributed by atoms with Crippen LogP contribution in [-0.4, -0.2) is 24.5 Å². The van der Waals surface area contributed by atoms with E-state index in [1.54, 1.807) is 0 Å². The van der Waals surface area contributed by atoms with Crippen molar-refractivity contribution in [3.05, 3.63) is 60.2 Å². The number of ether oxygens (including phenoxy) is 1. The molecule has 22 heavy (non-hydrogen) atoms. The van der Waals surface area contributed by atoms with E-state index in [9.17, 15) is 0 Å². The zero-order chi connectivity index (χ0) is 15.5. The largest absolute Gasteiger partial charge is 0.494 e. The van der Waals surface area contributed by atoms with E-state index in [0.717, 1.165) is 49.3 Å². The highest BCUT2D eigenvalue weighted by molar-refractivity contribution is 5.82. The number of benzene rings is 2. The van der Waals surface area contributed by atoms with Gasteiger partial charge < -0.3 is 9.84 Å². The molecule has 3 heteroatoms. The number of hydrogen-bond donors (Lipinski definition) is 1. The molecule has 0 spiro atoms. The molecule has 0 amide bonds. The number of unbranched alkanes of at least 4 members (excludes halogenated alkanes) is 3. The summed E-state index contributed by atoms with van der Waals surface area (Å²) in [5, 5.41) is 8.70. The molecule has 0 atom stereocenters. The lowest BCUT2D eigenvalue weighted by Crippen LogP contribution is -1.97. The second-order valence-electron chi connectivity index (χ2n) is 5.15. The first-order valence-electron chi connectivity index (χ1n) is 7.81. The first-order valence-corrected chi connectivity index (χ1v) is 7.81. The zero-order valence-electron chi connectivity index (χ0n) is 12.8. The molecule has 2 aromatic rings. The van der Waals surface area contributed by atoms with E-state index >= 15 is 0 Å². The van der Waals surface area contributed by atoms with Crippen molar-refractivity contribution in [3.63, 3.8) is 0 Å². The number of hydrogen-bond acceptors (Lipinski definition) is 3. The minimum atomic E-state index is 0.285. The van der Waals surface area contributed by atoms with E-state index in [4.69, 9.17) is 9.84 Å². The fourth-order valence-corrected chi connectivity index (χ4v) is 2.07. The summed E-state index contributed by atoms with van der Waals surface area (Å²) < 4.78 is 5.70. The molecule has 0 heterocycles. The lowest BCUT2D eigenvalue weighted by molar-refractivity contribution is 0.273. The summed E-state index contributed by atoms with van der Waals surface area (Å²) in [5.41, 5.74) is 2.00. The van der Waals surface area contributed by atoms with Gasteiger partial charge in [-0.05, 0) is 61.2 Å². The third-order valence-electron chi connectivity index (χ3n) is 3.32. The van der Waals surface area contributed by atoms with Gasteiger partial charge in [0, 0.05) is 12.8 Å². The van der Waals surface area contributed by atoms with Gasteiger partial charge in [0.25, 0.3) is 0 Å². The van der Waals surface area contributed by atoms with Crippen molar-refractivity contribution in [3.8, 4) is 5.75 Å². The molecule has 0 saturated heterocycles. The molecule has 0 fully saturated rings. The summed E-state index contributed by atoms with van der Waals surface area (Å²) in [4.78, 5) is 4.42. The molecule has 0 saturated carbocycles. The van der Waals surface area contributed by atoms with Crippen LogP contribution in [0.15, 0.2) is 59.6 Å². The fraction of sp³-hybridized carbons (Fsp3) is 0.316.